The van der Waals surface area contributed by atoms with Gasteiger partial charge in [0.15, 0.2) is 0 Å². The monoisotopic (exact) mass is 245 g/mol. The first-order valence-corrected chi connectivity index (χ1v) is 4.21. The van der Waals surface area contributed by atoms with Crippen LogP contribution >= 0.6 is 0 Å². The Morgan fingerprint density at radius 2 is 1.88 bits per heavy atom. The molecule has 2 rings (SSSR count). The van der Waals surface area contributed by atoms with Crippen molar-refractivity contribution in [1.29, 1.82) is 0 Å². The molecule has 2 heterocycles. The van der Waals surface area contributed by atoms with E-state index in [0.717, 1.165) is 10.9 Å². The van der Waals surface area contributed by atoms with Crippen molar-refractivity contribution in [2.45, 2.75) is 6.18 Å². The number of pyridine rings is 1. The van der Waals surface area contributed by atoms with Crippen molar-refractivity contribution in [2.75, 3.05) is 0 Å². The van der Waals surface area contributed by atoms with Gasteiger partial charge < -0.3 is 5.11 Å². The zero-order valence-electron chi connectivity index (χ0n) is 8.22. The van der Waals surface area contributed by atoms with E-state index in [0.29, 0.717) is 0 Å². The summed E-state index contributed by atoms with van der Waals surface area (Å²) in [5.41, 5.74) is 0.887. The third-order valence-electron chi connectivity index (χ3n) is 1.55. The van der Waals surface area contributed by atoms with Crippen LogP contribution in [0.15, 0.2) is 31.0 Å². The van der Waals surface area contributed by atoms with Crippen LogP contribution < -0.4 is 0 Å². The Morgan fingerprint density at radius 3 is 2.41 bits per heavy atom. The predicted octanol–water partition coefficient (Wildman–Crippen LogP) is 1.66. The number of hydrogen-bond acceptors (Lipinski definition) is 4. The largest absolute Gasteiger partial charge is 0.490 e. The number of carboxylic acid groups (broad SMARTS) is 1. The van der Waals surface area contributed by atoms with Gasteiger partial charge >= 0.3 is 12.1 Å². The first kappa shape index (κ1) is 12.8. The number of aromatic nitrogens is 3. The number of aliphatic carboxylic acids is 1. The van der Waals surface area contributed by atoms with Crippen LogP contribution in [0.5, 0.6) is 0 Å². The van der Waals surface area contributed by atoms with E-state index in [9.17, 15) is 13.2 Å². The molecule has 0 bridgehead atoms. The van der Waals surface area contributed by atoms with Crippen LogP contribution in [0.4, 0.5) is 13.2 Å². The molecule has 0 fully saturated rings. The predicted molar refractivity (Wildman–Crippen MR) is 51.0 cm³/mol. The van der Waals surface area contributed by atoms with Gasteiger partial charge in [-0.3, -0.25) is 4.98 Å². The summed E-state index contributed by atoms with van der Waals surface area (Å²) >= 11 is 0. The number of rotatable bonds is 0. The molecule has 0 atom stereocenters. The van der Waals surface area contributed by atoms with E-state index in [1.807, 2.05) is 6.07 Å². The zero-order valence-corrected chi connectivity index (χ0v) is 8.22. The normalized spacial score (nSPS) is 10.5. The number of fused-ring (bicyclic) bond motifs is 1. The zero-order chi connectivity index (χ0) is 12.9. The Kier molecular flexibility index (Phi) is 3.91. The van der Waals surface area contributed by atoms with Crippen molar-refractivity contribution in [3.8, 4) is 0 Å². The van der Waals surface area contributed by atoms with Crippen LogP contribution in [0.2, 0.25) is 0 Å². The van der Waals surface area contributed by atoms with Gasteiger partial charge in [-0.2, -0.15) is 13.2 Å². The Morgan fingerprint density at radius 1 is 1.24 bits per heavy atom. The highest BCUT2D eigenvalue weighted by Crippen LogP contribution is 2.13. The van der Waals surface area contributed by atoms with Crippen molar-refractivity contribution < 1.29 is 23.1 Å². The molecular weight excluding hydrogens is 239 g/mol. The average molecular weight is 245 g/mol. The summed E-state index contributed by atoms with van der Waals surface area (Å²) in [7, 11) is 0. The van der Waals surface area contributed by atoms with Crippen LogP contribution in [0.1, 0.15) is 0 Å². The minimum atomic E-state index is -5.08. The number of carbonyl (C=O) groups is 1. The van der Waals surface area contributed by atoms with Crippen molar-refractivity contribution in [1.82, 2.24) is 15.0 Å². The summed E-state index contributed by atoms with van der Waals surface area (Å²) < 4.78 is 31.7. The van der Waals surface area contributed by atoms with Crippen molar-refractivity contribution in [2.24, 2.45) is 0 Å². The molecule has 2 aromatic heterocycles. The summed E-state index contributed by atoms with van der Waals surface area (Å²) in [6.45, 7) is 0. The maximum absolute atomic E-state index is 10.6. The van der Waals surface area contributed by atoms with Gasteiger partial charge in [-0.15, -0.1) is 0 Å². The molecule has 0 aliphatic carbocycles. The summed E-state index contributed by atoms with van der Waals surface area (Å²) in [5.74, 6) is -2.76. The first-order valence-electron chi connectivity index (χ1n) is 4.21. The minimum Gasteiger partial charge on any atom is -0.475 e. The molecule has 0 aliphatic heterocycles. The van der Waals surface area contributed by atoms with Gasteiger partial charge in [-0.25, -0.2) is 14.8 Å². The maximum atomic E-state index is 10.6. The second kappa shape index (κ2) is 5.19. The molecule has 0 radical (unpaired) electrons. The Labute approximate surface area is 93.0 Å². The van der Waals surface area contributed by atoms with Crippen LogP contribution in [-0.2, 0) is 4.79 Å². The quantitative estimate of drug-likeness (QED) is 0.763. The Hall–Kier alpha value is -2.25. The fourth-order valence-electron chi connectivity index (χ4n) is 0.823. The van der Waals surface area contributed by atoms with Gasteiger partial charge in [0.1, 0.15) is 6.33 Å². The number of nitrogens with zero attached hydrogens (tertiary/aromatic N) is 3. The molecule has 0 saturated heterocycles. The Balaban J connectivity index is 0.000000185. The molecule has 0 aliphatic rings. The van der Waals surface area contributed by atoms with E-state index < -0.39 is 12.1 Å². The molecule has 0 amide bonds. The lowest BCUT2D eigenvalue weighted by Crippen LogP contribution is -2.21. The van der Waals surface area contributed by atoms with Gasteiger partial charge in [0.2, 0.25) is 0 Å². The molecular formula is C9H6F3N3O2. The molecule has 0 unspecified atom stereocenters. The summed E-state index contributed by atoms with van der Waals surface area (Å²) in [6.07, 6.45) is 1.65. The summed E-state index contributed by atoms with van der Waals surface area (Å²) in [5, 5.41) is 8.15. The van der Waals surface area contributed by atoms with E-state index in [-0.39, 0.29) is 0 Å². The molecule has 0 saturated carbocycles. The SMILES string of the molecule is O=C(O)C(F)(F)F.c1cc2cncnc2cn1. The fourth-order valence-corrected chi connectivity index (χ4v) is 0.823. The van der Waals surface area contributed by atoms with Gasteiger partial charge in [0, 0.05) is 17.8 Å². The van der Waals surface area contributed by atoms with Gasteiger partial charge in [-0.1, -0.05) is 0 Å². The highest BCUT2D eigenvalue weighted by atomic mass is 19.4. The van der Waals surface area contributed by atoms with E-state index >= 15 is 0 Å². The van der Waals surface area contributed by atoms with Crippen molar-refractivity contribution in [3.05, 3.63) is 31.0 Å². The molecule has 17 heavy (non-hydrogen) atoms. The Bertz CT molecular complexity index is 451. The van der Waals surface area contributed by atoms with Gasteiger partial charge in [-0.05, 0) is 6.07 Å². The summed E-state index contributed by atoms with van der Waals surface area (Å²) in [4.78, 5) is 20.7. The highest BCUT2D eigenvalue weighted by molar-refractivity contribution is 5.75. The van der Waals surface area contributed by atoms with Crippen LogP contribution in [0, 0.1) is 0 Å². The highest BCUT2D eigenvalue weighted by Gasteiger charge is 2.38. The molecule has 5 nitrogen and oxygen atoms in total. The molecule has 1 N–H and O–H groups in total. The van der Waals surface area contributed by atoms with Gasteiger partial charge in [0.05, 0.1) is 11.7 Å². The number of alkyl halides is 3. The summed E-state index contributed by atoms with van der Waals surface area (Å²) in [6, 6.07) is 1.88. The topological polar surface area (TPSA) is 76.0 Å². The number of carboxylic acids is 1. The van der Waals surface area contributed by atoms with E-state index in [2.05, 4.69) is 15.0 Å². The van der Waals surface area contributed by atoms with E-state index in [1.54, 1.807) is 18.6 Å². The smallest absolute Gasteiger partial charge is 0.475 e. The van der Waals surface area contributed by atoms with E-state index in [4.69, 9.17) is 9.90 Å². The van der Waals surface area contributed by atoms with Crippen LogP contribution in [-0.4, -0.2) is 32.2 Å². The standard InChI is InChI=1S/C7H5N3.C2HF3O2/c1-2-8-4-7-6(1)3-9-5-10-7;3-2(4,5)1(6)7/h1-5H;(H,6,7). The lowest BCUT2D eigenvalue weighted by atomic mass is 10.3. The number of hydrogen-bond donors (Lipinski definition) is 1. The average Bonchev–Trinajstić information content (AvgIpc) is 2.29. The van der Waals surface area contributed by atoms with Crippen LogP contribution in [0.3, 0.4) is 0 Å². The maximum Gasteiger partial charge on any atom is 0.490 e. The third kappa shape index (κ3) is 4.01. The lowest BCUT2D eigenvalue weighted by Gasteiger charge is -1.93. The van der Waals surface area contributed by atoms with Crippen molar-refractivity contribution >= 4 is 16.9 Å². The van der Waals surface area contributed by atoms with E-state index in [1.165, 1.54) is 6.33 Å². The van der Waals surface area contributed by atoms with Crippen molar-refractivity contribution in [3.63, 3.8) is 0 Å². The van der Waals surface area contributed by atoms with Gasteiger partial charge in [0.25, 0.3) is 0 Å². The molecule has 90 valence electrons. The molecule has 0 spiro atoms. The lowest BCUT2D eigenvalue weighted by molar-refractivity contribution is -0.192. The number of halogens is 3. The molecule has 8 heteroatoms. The third-order valence-corrected chi connectivity index (χ3v) is 1.55. The van der Waals surface area contributed by atoms with Crippen LogP contribution in [0.25, 0.3) is 10.9 Å². The molecule has 2 aromatic rings. The second-order valence-corrected chi connectivity index (χ2v) is 2.76. The molecule has 0 aromatic carbocycles. The second-order valence-electron chi connectivity index (χ2n) is 2.76. The minimum absolute atomic E-state index is 0.887. The fraction of sp³-hybridized carbons (Fsp3) is 0.111. The first-order chi connectivity index (χ1) is 7.91.